The number of hydrogen-bond acceptors (Lipinski definition) is 10. The first-order valence-corrected chi connectivity index (χ1v) is 7.74. The van der Waals surface area contributed by atoms with Crippen LogP contribution in [0.2, 0.25) is 5.02 Å². The van der Waals surface area contributed by atoms with E-state index in [9.17, 15) is 19.7 Å². The summed E-state index contributed by atoms with van der Waals surface area (Å²) in [6, 6.07) is 0. The zero-order chi connectivity index (χ0) is 15.4. The summed E-state index contributed by atoms with van der Waals surface area (Å²) in [5.41, 5.74) is 4.64. The summed E-state index contributed by atoms with van der Waals surface area (Å²) in [5, 5.41) is 10.2. The second-order valence-corrected chi connectivity index (χ2v) is 6.43. The fourth-order valence-corrected chi connectivity index (χ4v) is 3.34. The van der Waals surface area contributed by atoms with E-state index in [1.54, 1.807) is 0 Å². The molecule has 0 aromatic carbocycles. The van der Waals surface area contributed by atoms with Crippen LogP contribution < -0.4 is 17.6 Å². The van der Waals surface area contributed by atoms with Crippen LogP contribution in [0.1, 0.15) is 6.23 Å². The maximum absolute atomic E-state index is 11.8. The first-order valence-electron chi connectivity index (χ1n) is 5.84. The van der Waals surface area contributed by atoms with Gasteiger partial charge < -0.3 is 21.7 Å². The van der Waals surface area contributed by atoms with E-state index >= 15 is 0 Å². The third kappa shape index (κ3) is 2.95. The quantitative estimate of drug-likeness (QED) is 0.389. The van der Waals surface area contributed by atoms with Crippen molar-refractivity contribution in [2.45, 2.75) is 24.5 Å². The molecule has 4 atom stereocenters. The van der Waals surface area contributed by atoms with Gasteiger partial charge in [0.15, 0.2) is 12.3 Å². The second kappa shape index (κ2) is 5.96. The average molecular weight is 358 g/mol. The van der Waals surface area contributed by atoms with E-state index < -0.39 is 38.4 Å². The van der Waals surface area contributed by atoms with E-state index in [-0.39, 0.29) is 23.6 Å². The summed E-state index contributed by atoms with van der Waals surface area (Å²) in [5.74, 6) is -0.141. The summed E-state index contributed by atoms with van der Waals surface area (Å²) in [7, 11) is -3.98. The number of aliphatic hydroxyl groups excluding tert-OH is 1. The Labute approximate surface area is 129 Å². The maximum atomic E-state index is 11.8. The Morgan fingerprint density at radius 3 is 2.86 bits per heavy atom. The molecule has 3 heterocycles. The molecule has 2 aliphatic rings. The van der Waals surface area contributed by atoms with E-state index in [4.69, 9.17) is 31.1 Å². The van der Waals surface area contributed by atoms with Crippen molar-refractivity contribution >= 4 is 25.6 Å². The van der Waals surface area contributed by atoms with E-state index in [1.807, 2.05) is 0 Å². The minimum Gasteiger partial charge on any atom is -0.385 e. The van der Waals surface area contributed by atoms with Gasteiger partial charge in [-0.1, -0.05) is 11.6 Å². The molecule has 13 heteroatoms. The highest BCUT2D eigenvalue weighted by atomic mass is 35.5. The molecule has 2 saturated heterocycles. The van der Waals surface area contributed by atoms with Crippen LogP contribution in [0.4, 0.5) is 5.82 Å². The molecule has 0 bridgehead atoms. The van der Waals surface area contributed by atoms with Crippen molar-refractivity contribution in [1.29, 1.82) is 0 Å². The van der Waals surface area contributed by atoms with Crippen molar-refractivity contribution in [2.24, 2.45) is 0 Å². The van der Waals surface area contributed by atoms with Gasteiger partial charge in [-0.05, 0) is 0 Å². The van der Waals surface area contributed by atoms with Gasteiger partial charge in [-0.15, -0.1) is 4.52 Å². The highest BCUT2D eigenvalue weighted by Gasteiger charge is 2.59. The number of rotatable bonds is 1. The average Bonchev–Trinajstić information content (AvgIpc) is 2.70. The Morgan fingerprint density at radius 2 is 2.18 bits per heavy atom. The summed E-state index contributed by atoms with van der Waals surface area (Å²) in [4.78, 5) is 34.0. The van der Waals surface area contributed by atoms with Crippen molar-refractivity contribution in [1.82, 2.24) is 15.7 Å². The molecule has 3 rings (SSSR count). The van der Waals surface area contributed by atoms with E-state index in [0.717, 1.165) is 4.57 Å². The van der Waals surface area contributed by atoms with Gasteiger partial charge in [0.05, 0.1) is 5.02 Å². The van der Waals surface area contributed by atoms with Crippen LogP contribution in [-0.4, -0.2) is 49.4 Å². The topological polar surface area (TPSA) is 184 Å². The van der Waals surface area contributed by atoms with Gasteiger partial charge in [-0.2, -0.15) is 19.3 Å². The predicted molar refractivity (Wildman–Crippen MR) is 75.0 cm³/mol. The molecule has 0 unspecified atom stereocenters. The Kier molecular flexibility index (Phi) is 4.74. The van der Waals surface area contributed by atoms with Crippen molar-refractivity contribution in [3.8, 4) is 0 Å². The summed E-state index contributed by atoms with van der Waals surface area (Å²) in [6.45, 7) is -0.191. The lowest BCUT2D eigenvalue weighted by molar-refractivity contribution is -0.0763. The van der Waals surface area contributed by atoms with Gasteiger partial charge in [0.25, 0.3) is 0 Å². The lowest BCUT2D eigenvalue weighted by Gasteiger charge is -2.24. The standard InChI is InChI=1S/C9H11ClN3O7P.H3N/c10-3-1-13(9(15)12-7(3)11)8-5(14)6-4(19-8)2-18-21(16,17)20-6;/h1,4-6,8,14,16-17H,2H2,(H-,11,12,15);1H3/p+1/t4-,5-,6-,8-;/m1./s1. The lowest BCUT2D eigenvalue weighted by Crippen LogP contribution is -2.41. The predicted octanol–water partition coefficient (Wildman–Crippen LogP) is -1.02. The van der Waals surface area contributed by atoms with Crippen molar-refractivity contribution < 1.29 is 28.7 Å². The van der Waals surface area contributed by atoms with Crippen molar-refractivity contribution in [3.05, 3.63) is 21.7 Å². The molecule has 0 spiro atoms. The first-order chi connectivity index (χ1) is 9.78. The highest BCUT2D eigenvalue weighted by molar-refractivity contribution is 7.54. The number of ether oxygens (including phenoxy) is 1. The van der Waals surface area contributed by atoms with Crippen LogP contribution in [0.3, 0.4) is 0 Å². The smallest absolute Gasteiger partial charge is 0.385 e. The molecule has 1 aromatic rings. The number of aromatic nitrogens is 2. The number of fused-ring (bicyclic) bond motifs is 1. The van der Waals surface area contributed by atoms with Crippen LogP contribution in [0.25, 0.3) is 0 Å². The largest absolute Gasteiger partial charge is 0.570 e. The highest BCUT2D eigenvalue weighted by Crippen LogP contribution is 2.58. The van der Waals surface area contributed by atoms with E-state index in [1.165, 1.54) is 6.20 Å². The van der Waals surface area contributed by atoms with Crippen LogP contribution in [0.15, 0.2) is 11.0 Å². The van der Waals surface area contributed by atoms with Crippen LogP contribution in [0.5, 0.6) is 0 Å². The maximum Gasteiger partial charge on any atom is 0.570 e. The summed E-state index contributed by atoms with van der Waals surface area (Å²) < 4.78 is 16.0. The molecule has 2 aliphatic heterocycles. The second-order valence-electron chi connectivity index (χ2n) is 4.58. The third-order valence-electron chi connectivity index (χ3n) is 3.18. The number of halogens is 1. The molecule has 0 aliphatic carbocycles. The number of nitrogen functional groups attached to an aromatic ring is 1. The molecule has 124 valence electrons. The Morgan fingerprint density at radius 1 is 1.50 bits per heavy atom. The Balaban J connectivity index is 0.00000176. The summed E-state index contributed by atoms with van der Waals surface area (Å²) >= 11 is 5.80. The summed E-state index contributed by atoms with van der Waals surface area (Å²) in [6.07, 6.45) is -3.12. The van der Waals surface area contributed by atoms with Crippen molar-refractivity contribution in [3.63, 3.8) is 0 Å². The van der Waals surface area contributed by atoms with Gasteiger partial charge in [-0.3, -0.25) is 4.57 Å². The molecular weight excluding hydrogens is 343 g/mol. The number of nitrogens with zero attached hydrogens (tertiary/aromatic N) is 2. The van der Waals surface area contributed by atoms with Gasteiger partial charge in [0.2, 0.25) is 0 Å². The molecule has 8 N–H and O–H groups in total. The monoisotopic (exact) mass is 357 g/mol. The molecule has 2 fully saturated rings. The molecule has 0 radical (unpaired) electrons. The molecular formula is C9H15ClN4O7P+. The SMILES string of the molecule is N.Nc1nc(=O)n([C@@H]2O[C@@H]3CO[P+](O)(O)O[C@H]3[C@H]2O)cc1Cl. The lowest BCUT2D eigenvalue weighted by atomic mass is 10.1. The molecule has 0 amide bonds. The fourth-order valence-electron chi connectivity index (χ4n) is 2.21. The van der Waals surface area contributed by atoms with Crippen LogP contribution in [-0.2, 0) is 13.8 Å². The number of aliphatic hydroxyl groups is 1. The van der Waals surface area contributed by atoms with Gasteiger partial charge in [-0.25, -0.2) is 4.79 Å². The van der Waals surface area contributed by atoms with Crippen molar-refractivity contribution in [2.75, 3.05) is 12.3 Å². The molecule has 1 aromatic heterocycles. The minimum absolute atomic E-state index is 0. The zero-order valence-electron chi connectivity index (χ0n) is 11.1. The number of nitrogens with two attached hydrogens (primary N) is 1. The number of hydrogen-bond donors (Lipinski definition) is 5. The Hall–Kier alpha value is -0.880. The minimum atomic E-state index is -3.98. The van der Waals surface area contributed by atoms with E-state index in [2.05, 4.69) is 4.98 Å². The normalized spacial score (nSPS) is 33.1. The van der Waals surface area contributed by atoms with Gasteiger partial charge in [0.1, 0.15) is 24.6 Å². The fraction of sp³-hybridized carbons (Fsp3) is 0.556. The molecule has 0 saturated carbocycles. The molecule has 22 heavy (non-hydrogen) atoms. The third-order valence-corrected chi connectivity index (χ3v) is 4.48. The van der Waals surface area contributed by atoms with Gasteiger partial charge in [0, 0.05) is 6.20 Å². The van der Waals surface area contributed by atoms with Gasteiger partial charge >= 0.3 is 13.9 Å². The zero-order valence-corrected chi connectivity index (χ0v) is 12.7. The van der Waals surface area contributed by atoms with E-state index in [0.29, 0.717) is 0 Å². The Bertz CT molecular complexity index is 628. The molecule has 11 nitrogen and oxygen atoms in total. The van der Waals surface area contributed by atoms with Crippen LogP contribution in [0, 0.1) is 0 Å². The van der Waals surface area contributed by atoms with Crippen LogP contribution >= 0.6 is 19.8 Å². The first kappa shape index (κ1) is 17.5. The number of anilines is 1.